The summed E-state index contributed by atoms with van der Waals surface area (Å²) in [6.07, 6.45) is 5.21. The van der Waals surface area contributed by atoms with Crippen LogP contribution in [0.2, 0.25) is 0 Å². The van der Waals surface area contributed by atoms with Crippen molar-refractivity contribution in [3.05, 3.63) is 12.3 Å². The van der Waals surface area contributed by atoms with Gasteiger partial charge < -0.3 is 14.2 Å². The van der Waals surface area contributed by atoms with Gasteiger partial charge in [-0.15, -0.1) is 0 Å². The number of carbonyl (C=O) groups is 1. The third-order valence-corrected chi connectivity index (χ3v) is 1.87. The fourth-order valence-electron chi connectivity index (χ4n) is 1.22. The third-order valence-electron chi connectivity index (χ3n) is 1.87. The van der Waals surface area contributed by atoms with E-state index in [0.29, 0.717) is 6.61 Å². The summed E-state index contributed by atoms with van der Waals surface area (Å²) in [6, 6.07) is 0. The van der Waals surface area contributed by atoms with Crippen LogP contribution in [-0.2, 0) is 19.0 Å². The molecule has 1 heterocycles. The van der Waals surface area contributed by atoms with Crippen molar-refractivity contribution in [3.63, 3.8) is 0 Å². The van der Waals surface area contributed by atoms with Crippen LogP contribution in [0, 0.1) is 0 Å². The largest absolute Gasteiger partial charge is 0.496 e. The molecule has 1 rings (SSSR count). The van der Waals surface area contributed by atoms with Gasteiger partial charge in [0.1, 0.15) is 6.10 Å². The zero-order valence-electron chi connectivity index (χ0n) is 8.56. The van der Waals surface area contributed by atoms with Crippen molar-refractivity contribution in [2.45, 2.75) is 39.1 Å². The maximum Gasteiger partial charge on any atom is 0.304 e. The Balaban J connectivity index is 2.13. The number of hydrogen-bond donors (Lipinski definition) is 0. The van der Waals surface area contributed by atoms with Crippen molar-refractivity contribution >= 4 is 5.97 Å². The van der Waals surface area contributed by atoms with Crippen LogP contribution in [0.1, 0.15) is 26.7 Å². The monoisotopic (exact) mass is 200 g/mol. The van der Waals surface area contributed by atoms with Crippen LogP contribution in [0.25, 0.3) is 0 Å². The van der Waals surface area contributed by atoms with E-state index in [2.05, 4.69) is 0 Å². The van der Waals surface area contributed by atoms with Crippen LogP contribution >= 0.6 is 0 Å². The van der Waals surface area contributed by atoms with E-state index >= 15 is 0 Å². The Hall–Kier alpha value is -1.03. The second-order valence-corrected chi connectivity index (χ2v) is 3.22. The lowest BCUT2D eigenvalue weighted by Crippen LogP contribution is -2.25. The van der Waals surface area contributed by atoms with Gasteiger partial charge in [0.25, 0.3) is 0 Å². The topological polar surface area (TPSA) is 44.8 Å². The first kappa shape index (κ1) is 11.0. The lowest BCUT2D eigenvalue weighted by molar-refractivity contribution is -0.177. The minimum absolute atomic E-state index is 0.0815. The number of allylic oxidation sites excluding steroid dienone is 1. The smallest absolute Gasteiger partial charge is 0.304 e. The van der Waals surface area contributed by atoms with Crippen LogP contribution in [0.15, 0.2) is 12.3 Å². The van der Waals surface area contributed by atoms with Crippen LogP contribution in [-0.4, -0.2) is 25.0 Å². The number of carbonyl (C=O) groups excluding carboxylic acids is 1. The number of esters is 1. The van der Waals surface area contributed by atoms with Gasteiger partial charge >= 0.3 is 5.97 Å². The Morgan fingerprint density at radius 3 is 3.07 bits per heavy atom. The Labute approximate surface area is 83.8 Å². The molecule has 2 unspecified atom stereocenters. The minimum Gasteiger partial charge on any atom is -0.496 e. The summed E-state index contributed by atoms with van der Waals surface area (Å²) < 4.78 is 15.4. The third kappa shape index (κ3) is 4.28. The highest BCUT2D eigenvalue weighted by Gasteiger charge is 2.13. The van der Waals surface area contributed by atoms with E-state index in [1.807, 2.05) is 6.08 Å². The normalized spacial score (nSPS) is 22.6. The number of ether oxygens (including phenoxy) is 3. The molecule has 1 aliphatic heterocycles. The van der Waals surface area contributed by atoms with E-state index in [1.54, 1.807) is 13.2 Å². The Morgan fingerprint density at radius 2 is 2.50 bits per heavy atom. The zero-order chi connectivity index (χ0) is 10.4. The zero-order valence-corrected chi connectivity index (χ0v) is 8.56. The summed E-state index contributed by atoms with van der Waals surface area (Å²) in [7, 11) is 0. The first-order valence-corrected chi connectivity index (χ1v) is 4.78. The summed E-state index contributed by atoms with van der Waals surface area (Å²) in [5.41, 5.74) is 0. The molecule has 0 N–H and O–H groups in total. The molecule has 0 aromatic carbocycles. The predicted octanol–water partition coefficient (Wildman–Crippen LogP) is 1.60. The predicted molar refractivity (Wildman–Crippen MR) is 50.4 cm³/mol. The van der Waals surface area contributed by atoms with Crippen LogP contribution in [0.3, 0.4) is 0 Å². The SMILES string of the molecule is CC(=O)OC(C)OCC1CCC=CO1. The lowest BCUT2D eigenvalue weighted by atomic mass is 10.2. The van der Waals surface area contributed by atoms with Gasteiger partial charge in [0.15, 0.2) is 6.29 Å². The lowest BCUT2D eigenvalue weighted by Gasteiger charge is -2.21. The molecule has 0 spiro atoms. The molecule has 0 fully saturated rings. The first-order valence-electron chi connectivity index (χ1n) is 4.78. The summed E-state index contributed by atoms with van der Waals surface area (Å²) in [4.78, 5) is 10.6. The highest BCUT2D eigenvalue weighted by atomic mass is 16.7. The van der Waals surface area contributed by atoms with Crippen LogP contribution in [0.4, 0.5) is 0 Å². The van der Waals surface area contributed by atoms with E-state index in [9.17, 15) is 4.79 Å². The summed E-state index contributed by atoms with van der Waals surface area (Å²) >= 11 is 0. The highest BCUT2D eigenvalue weighted by Crippen LogP contribution is 2.11. The van der Waals surface area contributed by atoms with E-state index in [1.165, 1.54) is 6.92 Å². The molecule has 0 amide bonds. The van der Waals surface area contributed by atoms with Crippen LogP contribution in [0.5, 0.6) is 0 Å². The van der Waals surface area contributed by atoms with Crippen molar-refractivity contribution in [2.24, 2.45) is 0 Å². The molecule has 80 valence electrons. The highest BCUT2D eigenvalue weighted by molar-refractivity contribution is 5.65. The molecule has 0 bridgehead atoms. The van der Waals surface area contributed by atoms with E-state index < -0.39 is 6.29 Å². The molecule has 4 heteroatoms. The average Bonchev–Trinajstić information content (AvgIpc) is 2.15. The minimum atomic E-state index is -0.498. The van der Waals surface area contributed by atoms with Gasteiger partial charge in [-0.1, -0.05) is 0 Å². The van der Waals surface area contributed by atoms with Crippen molar-refractivity contribution in [1.82, 2.24) is 0 Å². The maximum absolute atomic E-state index is 10.6. The first-order chi connectivity index (χ1) is 6.68. The van der Waals surface area contributed by atoms with Gasteiger partial charge in [-0.25, -0.2) is 0 Å². The molecule has 14 heavy (non-hydrogen) atoms. The molecule has 2 atom stereocenters. The van der Waals surface area contributed by atoms with Gasteiger partial charge in [0.05, 0.1) is 12.9 Å². The molecule has 0 aliphatic carbocycles. The molecule has 4 nitrogen and oxygen atoms in total. The van der Waals surface area contributed by atoms with Gasteiger partial charge in [-0.3, -0.25) is 4.79 Å². The van der Waals surface area contributed by atoms with Crippen LogP contribution < -0.4 is 0 Å². The Morgan fingerprint density at radius 1 is 1.71 bits per heavy atom. The standard InChI is InChI=1S/C10H16O4/c1-8(11)14-9(2)13-7-10-5-3-4-6-12-10/h4,6,9-10H,3,5,7H2,1-2H3. The molecule has 0 aromatic rings. The molecule has 0 saturated heterocycles. The molecular weight excluding hydrogens is 184 g/mol. The number of hydrogen-bond acceptors (Lipinski definition) is 4. The van der Waals surface area contributed by atoms with Gasteiger partial charge in [-0.05, 0) is 25.8 Å². The van der Waals surface area contributed by atoms with Gasteiger partial charge in [0, 0.05) is 6.92 Å². The van der Waals surface area contributed by atoms with E-state index in [-0.39, 0.29) is 12.1 Å². The molecule has 0 radical (unpaired) electrons. The second kappa shape index (κ2) is 5.65. The van der Waals surface area contributed by atoms with Crippen molar-refractivity contribution in [3.8, 4) is 0 Å². The molecule has 0 aromatic heterocycles. The van der Waals surface area contributed by atoms with Gasteiger partial charge in [0.2, 0.25) is 0 Å². The van der Waals surface area contributed by atoms with Crippen molar-refractivity contribution in [2.75, 3.05) is 6.61 Å². The second-order valence-electron chi connectivity index (χ2n) is 3.22. The summed E-state index contributed by atoms with van der Waals surface area (Å²) in [5, 5.41) is 0. The maximum atomic E-state index is 10.6. The number of rotatable bonds is 4. The summed E-state index contributed by atoms with van der Waals surface area (Å²) in [5.74, 6) is -0.332. The fourth-order valence-corrected chi connectivity index (χ4v) is 1.22. The van der Waals surface area contributed by atoms with E-state index in [0.717, 1.165) is 12.8 Å². The van der Waals surface area contributed by atoms with Crippen molar-refractivity contribution in [1.29, 1.82) is 0 Å². The van der Waals surface area contributed by atoms with Gasteiger partial charge in [-0.2, -0.15) is 0 Å². The Kier molecular flexibility index (Phi) is 4.46. The molecule has 0 saturated carbocycles. The quantitative estimate of drug-likeness (QED) is 0.511. The van der Waals surface area contributed by atoms with Crippen molar-refractivity contribution < 1.29 is 19.0 Å². The summed E-state index contributed by atoms with van der Waals surface area (Å²) in [6.45, 7) is 3.51. The Bertz CT molecular complexity index is 212. The molecular formula is C10H16O4. The molecule has 1 aliphatic rings. The average molecular weight is 200 g/mol. The fraction of sp³-hybridized carbons (Fsp3) is 0.700. The van der Waals surface area contributed by atoms with E-state index in [4.69, 9.17) is 14.2 Å².